The largest absolute Gasteiger partial charge is 0.416 e. The molecule has 0 spiro atoms. The summed E-state index contributed by atoms with van der Waals surface area (Å²) in [5.41, 5.74) is 0.992. The highest BCUT2D eigenvalue weighted by Gasteiger charge is 2.36. The van der Waals surface area contributed by atoms with E-state index in [1.165, 1.54) is 4.58 Å². The second-order valence-electron chi connectivity index (χ2n) is 6.85. The number of benzene rings is 2. The van der Waals surface area contributed by atoms with Crippen molar-refractivity contribution in [3.63, 3.8) is 0 Å². The molecule has 0 saturated heterocycles. The third-order valence-electron chi connectivity index (χ3n) is 4.01. The predicted octanol–water partition coefficient (Wildman–Crippen LogP) is 5.53. The minimum absolute atomic E-state index is 0.110. The van der Waals surface area contributed by atoms with Crippen LogP contribution >= 0.6 is 0 Å². The van der Waals surface area contributed by atoms with Gasteiger partial charge < -0.3 is 0 Å². The Kier molecular flexibility index (Phi) is 3.78. The second-order valence-corrected chi connectivity index (χ2v) is 6.85. The third-order valence-corrected chi connectivity index (χ3v) is 4.01. The number of fused-ring (bicyclic) bond motifs is 1. The summed E-state index contributed by atoms with van der Waals surface area (Å²) in [5.74, 6) is 0. The maximum absolute atomic E-state index is 13.1. The fourth-order valence-electron chi connectivity index (χ4n) is 2.62. The lowest BCUT2D eigenvalue weighted by molar-refractivity contribution is -0.137. The van der Waals surface area contributed by atoms with Crippen LogP contribution in [0.15, 0.2) is 41.4 Å². The van der Waals surface area contributed by atoms with Crippen LogP contribution in [0.4, 0.5) is 30.2 Å². The molecule has 6 heteroatoms. The Morgan fingerprint density at radius 2 is 1.80 bits per heavy atom. The molecule has 0 fully saturated rings. The van der Waals surface area contributed by atoms with E-state index in [9.17, 15) is 18.4 Å². The Hall–Kier alpha value is -2.90. The highest BCUT2D eigenvalue weighted by molar-refractivity contribution is 5.84. The van der Waals surface area contributed by atoms with Gasteiger partial charge in [-0.15, -0.1) is 4.58 Å². The number of aliphatic imine (C=N–C) groups is 1. The Bertz CT molecular complexity index is 967. The molecule has 1 heterocycles. The number of nitriles is 1. The number of hydrogen-bond acceptors (Lipinski definition) is 2. The van der Waals surface area contributed by atoms with Gasteiger partial charge in [0.05, 0.1) is 5.56 Å². The van der Waals surface area contributed by atoms with Gasteiger partial charge in [-0.1, -0.05) is 32.9 Å². The maximum atomic E-state index is 13.1. The first-order valence-corrected chi connectivity index (χ1v) is 7.63. The molecule has 0 aliphatic carbocycles. The Labute approximate surface area is 143 Å². The highest BCUT2D eigenvalue weighted by Crippen LogP contribution is 2.42. The molecule has 2 aromatic rings. The molecule has 1 aliphatic rings. The van der Waals surface area contributed by atoms with Crippen molar-refractivity contribution in [2.45, 2.75) is 32.4 Å². The van der Waals surface area contributed by atoms with Gasteiger partial charge in [-0.05, 0) is 29.2 Å². The van der Waals surface area contributed by atoms with Crippen LogP contribution in [-0.4, -0.2) is 6.01 Å². The van der Waals surface area contributed by atoms with Crippen molar-refractivity contribution in [3.05, 3.63) is 53.1 Å². The van der Waals surface area contributed by atoms with E-state index < -0.39 is 11.7 Å². The van der Waals surface area contributed by atoms with Crippen LogP contribution in [0.5, 0.6) is 0 Å². The maximum Gasteiger partial charge on any atom is 0.416 e. The summed E-state index contributed by atoms with van der Waals surface area (Å²) in [7, 11) is 0. The van der Waals surface area contributed by atoms with Gasteiger partial charge in [0.2, 0.25) is 0 Å². The third kappa shape index (κ3) is 3.07. The standard InChI is InChI=1S/C19H15F3N3/c1-18(2,3)13-5-4-6-15(8-13)25-11-24-17-12(10-23)7-14(9-16(17)25)19(20,21)22/h4-9H,1-3H3/q+1. The topological polar surface area (TPSA) is 39.2 Å². The molecule has 1 aliphatic heterocycles. The van der Waals surface area contributed by atoms with Crippen molar-refractivity contribution in [2.75, 3.05) is 0 Å². The number of hydrogen-bond donors (Lipinski definition) is 0. The van der Waals surface area contributed by atoms with Crippen LogP contribution in [0.1, 0.15) is 37.5 Å². The molecule has 0 aromatic heterocycles. The van der Waals surface area contributed by atoms with Crippen molar-refractivity contribution in [1.29, 1.82) is 5.26 Å². The smallest absolute Gasteiger partial charge is 0.192 e. The van der Waals surface area contributed by atoms with Gasteiger partial charge in [-0.25, -0.2) is 0 Å². The Morgan fingerprint density at radius 1 is 1.08 bits per heavy atom. The van der Waals surface area contributed by atoms with Gasteiger partial charge >= 0.3 is 12.2 Å². The van der Waals surface area contributed by atoms with Crippen LogP contribution in [0.25, 0.3) is 0 Å². The van der Waals surface area contributed by atoms with E-state index in [0.717, 1.165) is 17.7 Å². The minimum Gasteiger partial charge on any atom is -0.192 e. The van der Waals surface area contributed by atoms with Gasteiger partial charge in [0.15, 0.2) is 5.69 Å². The lowest BCUT2D eigenvalue weighted by atomic mass is 9.87. The first kappa shape index (κ1) is 16.9. The zero-order chi connectivity index (χ0) is 18.4. The Balaban J connectivity index is 2.17. The van der Waals surface area contributed by atoms with E-state index >= 15 is 0 Å². The Morgan fingerprint density at radius 3 is 2.40 bits per heavy atom. The molecule has 126 valence electrons. The zero-order valence-corrected chi connectivity index (χ0v) is 13.9. The summed E-state index contributed by atoms with van der Waals surface area (Å²) in [6.07, 6.45) is -4.54. The van der Waals surface area contributed by atoms with Crippen LogP contribution in [0.2, 0.25) is 0 Å². The highest BCUT2D eigenvalue weighted by atomic mass is 19.4. The fourth-order valence-corrected chi connectivity index (χ4v) is 2.62. The molecule has 0 N–H and O–H groups in total. The molecule has 0 saturated carbocycles. The molecule has 2 aromatic carbocycles. The summed E-state index contributed by atoms with van der Waals surface area (Å²) >= 11 is 0. The van der Waals surface area contributed by atoms with Crippen LogP contribution in [0.3, 0.4) is 0 Å². The summed E-state index contributed by atoms with van der Waals surface area (Å²) in [6, 6.07) is 13.8. The number of halogens is 3. The van der Waals surface area contributed by atoms with Crippen molar-refractivity contribution in [3.8, 4) is 6.07 Å². The van der Waals surface area contributed by atoms with E-state index in [1.807, 2.05) is 18.2 Å². The first-order chi connectivity index (χ1) is 11.6. The first-order valence-electron chi connectivity index (χ1n) is 7.63. The average molecular weight is 342 g/mol. The molecule has 0 amide bonds. The SMILES string of the molecule is CC(C)(C)c1cccc([N+]2=C=Nc3c(C#N)cc(C(F)(F)F)cc32)c1. The molecule has 0 bridgehead atoms. The molecular formula is C19H15F3N3+. The van der Waals surface area contributed by atoms with Crippen LogP contribution in [0, 0.1) is 11.3 Å². The summed E-state index contributed by atoms with van der Waals surface area (Å²) in [6.45, 7) is 6.16. The number of rotatable bonds is 1. The van der Waals surface area contributed by atoms with Gasteiger partial charge in [-0.2, -0.15) is 18.4 Å². The summed E-state index contributed by atoms with van der Waals surface area (Å²) < 4.78 is 40.9. The fraction of sp³-hybridized carbons (Fsp3) is 0.263. The van der Waals surface area contributed by atoms with Crippen molar-refractivity contribution >= 4 is 23.1 Å². The van der Waals surface area contributed by atoms with Crippen LogP contribution < -0.4 is 4.58 Å². The summed E-state index contributed by atoms with van der Waals surface area (Å²) in [5, 5.41) is 9.18. The van der Waals surface area contributed by atoms with Gasteiger partial charge in [0, 0.05) is 11.1 Å². The van der Waals surface area contributed by atoms with Crippen molar-refractivity contribution in [1.82, 2.24) is 4.58 Å². The van der Waals surface area contributed by atoms with E-state index in [0.29, 0.717) is 5.69 Å². The molecule has 0 radical (unpaired) electrons. The quantitative estimate of drug-likeness (QED) is 0.536. The van der Waals surface area contributed by atoms with Gasteiger partial charge in [-0.3, -0.25) is 0 Å². The predicted molar refractivity (Wildman–Crippen MR) is 89.9 cm³/mol. The van der Waals surface area contributed by atoms with Gasteiger partial charge in [0.1, 0.15) is 17.3 Å². The molecule has 3 rings (SSSR count). The summed E-state index contributed by atoms with van der Waals surface area (Å²) in [4.78, 5) is 4.03. The van der Waals surface area contributed by atoms with E-state index in [4.69, 9.17) is 0 Å². The molecule has 25 heavy (non-hydrogen) atoms. The van der Waals surface area contributed by atoms with E-state index in [1.54, 1.807) is 12.1 Å². The van der Waals surface area contributed by atoms with Gasteiger partial charge in [0.25, 0.3) is 5.69 Å². The normalized spacial score (nSPS) is 13.4. The van der Waals surface area contributed by atoms with Crippen LogP contribution in [-0.2, 0) is 11.6 Å². The second kappa shape index (κ2) is 5.58. The monoisotopic (exact) mass is 342 g/mol. The molecule has 0 unspecified atom stereocenters. The lowest BCUT2D eigenvalue weighted by Gasteiger charge is -2.19. The average Bonchev–Trinajstić information content (AvgIpc) is 2.96. The van der Waals surface area contributed by atoms with Crippen molar-refractivity contribution < 1.29 is 13.2 Å². The number of nitrogens with zero attached hydrogens (tertiary/aromatic N) is 3. The van der Waals surface area contributed by atoms with E-state index in [-0.39, 0.29) is 22.4 Å². The van der Waals surface area contributed by atoms with E-state index in [2.05, 4.69) is 31.8 Å². The minimum atomic E-state index is -4.54. The van der Waals surface area contributed by atoms with Crippen molar-refractivity contribution in [2.24, 2.45) is 4.99 Å². The molecular weight excluding hydrogens is 327 g/mol. The molecule has 3 nitrogen and oxygen atoms in total. The number of alkyl halides is 3. The lowest BCUT2D eigenvalue weighted by Crippen LogP contribution is -2.12. The zero-order valence-electron chi connectivity index (χ0n) is 13.9. The molecule has 0 atom stereocenters.